The Bertz CT molecular complexity index is 449. The number of carbonyl (C=O) groups is 1. The van der Waals surface area contributed by atoms with Crippen LogP contribution in [0.5, 0.6) is 0 Å². The maximum absolute atomic E-state index is 11.2. The van der Waals surface area contributed by atoms with E-state index < -0.39 is 15.7 Å². The maximum atomic E-state index is 11.2. The molecule has 0 bridgehead atoms. The van der Waals surface area contributed by atoms with Crippen molar-refractivity contribution in [1.82, 2.24) is 0 Å². The Morgan fingerprint density at radius 2 is 2.18 bits per heavy atom. The Balaban J connectivity index is 3.00. The first-order valence-electron chi connectivity index (χ1n) is 4.82. The fourth-order valence-electron chi connectivity index (χ4n) is 1.31. The van der Waals surface area contributed by atoms with Crippen molar-refractivity contribution in [2.24, 2.45) is 0 Å². The minimum absolute atomic E-state index is 0.0361. The topological polar surface area (TPSA) is 72.2 Å². The van der Waals surface area contributed by atoms with Gasteiger partial charge in [0, 0.05) is 17.3 Å². The van der Waals surface area contributed by atoms with E-state index in [0.29, 0.717) is 17.7 Å². The lowest BCUT2D eigenvalue weighted by molar-refractivity contribution is -0.385. The zero-order valence-corrected chi connectivity index (χ0v) is 10.5. The lowest BCUT2D eigenvalue weighted by atomic mass is 10.1. The van der Waals surface area contributed by atoms with Crippen LogP contribution >= 0.6 is 23.2 Å². The molecule has 0 saturated heterocycles. The van der Waals surface area contributed by atoms with Gasteiger partial charge in [-0.1, -0.05) is 36.2 Å². The highest BCUT2D eigenvalue weighted by Gasteiger charge is 2.16. The third-order valence-electron chi connectivity index (χ3n) is 2.13. The van der Waals surface area contributed by atoms with Gasteiger partial charge in [-0.15, -0.1) is 0 Å². The van der Waals surface area contributed by atoms with E-state index >= 15 is 0 Å². The van der Waals surface area contributed by atoms with E-state index in [9.17, 15) is 14.9 Å². The van der Waals surface area contributed by atoms with Crippen LogP contribution in [0.25, 0.3) is 0 Å². The minimum Gasteiger partial charge on any atom is -0.323 e. The highest BCUT2D eigenvalue weighted by Crippen LogP contribution is 2.24. The Hall–Kier alpha value is -1.33. The summed E-state index contributed by atoms with van der Waals surface area (Å²) < 4.78 is 0. The summed E-state index contributed by atoms with van der Waals surface area (Å²) in [6.45, 7) is 1.81. The van der Waals surface area contributed by atoms with Crippen LogP contribution in [0.4, 0.5) is 11.4 Å². The fourth-order valence-corrected chi connectivity index (χ4v) is 1.42. The normalized spacial score (nSPS) is 10.4. The van der Waals surface area contributed by atoms with E-state index in [4.69, 9.17) is 23.2 Å². The lowest BCUT2D eigenvalue weighted by Gasteiger charge is -2.07. The molecule has 17 heavy (non-hydrogen) atoms. The first kappa shape index (κ1) is 13.7. The Morgan fingerprint density at radius 3 is 2.65 bits per heavy atom. The van der Waals surface area contributed by atoms with Crippen molar-refractivity contribution in [3.05, 3.63) is 33.9 Å². The van der Waals surface area contributed by atoms with E-state index in [2.05, 4.69) is 5.32 Å². The molecule has 0 saturated carbocycles. The van der Waals surface area contributed by atoms with E-state index in [1.165, 1.54) is 6.07 Å². The van der Waals surface area contributed by atoms with Crippen molar-refractivity contribution >= 4 is 40.5 Å². The van der Waals surface area contributed by atoms with Crippen LogP contribution in [0.2, 0.25) is 0 Å². The van der Waals surface area contributed by atoms with Gasteiger partial charge in [0.05, 0.1) is 4.92 Å². The zero-order chi connectivity index (χ0) is 13.0. The van der Waals surface area contributed by atoms with Crippen molar-refractivity contribution < 1.29 is 9.72 Å². The predicted octanol–water partition coefficient (Wildman–Crippen LogP) is 2.90. The second kappa shape index (κ2) is 5.84. The summed E-state index contributed by atoms with van der Waals surface area (Å²) in [4.78, 5) is 20.3. The van der Waals surface area contributed by atoms with Gasteiger partial charge in [-0.05, 0) is 12.5 Å². The largest absolute Gasteiger partial charge is 0.323 e. The van der Waals surface area contributed by atoms with Crippen molar-refractivity contribution in [2.75, 3.05) is 5.32 Å². The third-order valence-corrected chi connectivity index (χ3v) is 2.53. The molecule has 0 fully saturated rings. The number of halogens is 2. The maximum Gasteiger partial charge on any atom is 0.274 e. The summed E-state index contributed by atoms with van der Waals surface area (Å²) in [7, 11) is 0. The van der Waals surface area contributed by atoms with E-state index in [-0.39, 0.29) is 5.69 Å². The molecule has 0 aliphatic rings. The average Bonchev–Trinajstić information content (AvgIpc) is 2.28. The summed E-state index contributed by atoms with van der Waals surface area (Å²) in [5.41, 5.74) is 0.859. The first-order valence-corrected chi connectivity index (χ1v) is 5.69. The molecule has 0 aliphatic heterocycles. The summed E-state index contributed by atoms with van der Waals surface area (Å²) in [5.74, 6) is -0.619. The van der Waals surface area contributed by atoms with Crippen LogP contribution in [-0.2, 0) is 11.2 Å². The number of nitro benzene ring substituents is 1. The molecule has 92 valence electrons. The highest BCUT2D eigenvalue weighted by molar-refractivity contribution is 6.54. The van der Waals surface area contributed by atoms with Crippen LogP contribution < -0.4 is 5.32 Å². The van der Waals surface area contributed by atoms with Crippen molar-refractivity contribution in [3.63, 3.8) is 0 Å². The molecule has 5 nitrogen and oxygen atoms in total. The third kappa shape index (κ3) is 3.57. The van der Waals surface area contributed by atoms with Gasteiger partial charge in [0.15, 0.2) is 4.84 Å². The average molecular weight is 277 g/mol. The highest BCUT2D eigenvalue weighted by atomic mass is 35.5. The molecule has 7 heteroatoms. The molecule has 0 spiro atoms. The van der Waals surface area contributed by atoms with Gasteiger partial charge in [-0.2, -0.15) is 0 Å². The molecule has 1 aromatic rings. The van der Waals surface area contributed by atoms with E-state index in [0.717, 1.165) is 0 Å². The van der Waals surface area contributed by atoms with E-state index in [1.54, 1.807) is 12.1 Å². The number of carbonyl (C=O) groups excluding carboxylic acids is 1. The fraction of sp³-hybridized carbons (Fsp3) is 0.300. The molecule has 0 atom stereocenters. The van der Waals surface area contributed by atoms with E-state index in [1.807, 2.05) is 6.92 Å². The van der Waals surface area contributed by atoms with Gasteiger partial charge in [0.25, 0.3) is 11.6 Å². The Kier molecular flexibility index (Phi) is 4.72. The monoisotopic (exact) mass is 276 g/mol. The van der Waals surface area contributed by atoms with Gasteiger partial charge in [0.1, 0.15) is 0 Å². The molecular weight excluding hydrogens is 267 g/mol. The van der Waals surface area contributed by atoms with Crippen LogP contribution in [0.1, 0.15) is 12.5 Å². The zero-order valence-electron chi connectivity index (χ0n) is 8.94. The number of anilines is 1. The molecule has 0 aliphatic carbocycles. The quantitative estimate of drug-likeness (QED) is 0.522. The van der Waals surface area contributed by atoms with Crippen LogP contribution in [-0.4, -0.2) is 15.7 Å². The van der Waals surface area contributed by atoms with Crippen molar-refractivity contribution in [3.8, 4) is 0 Å². The molecule has 1 amide bonds. The lowest BCUT2D eigenvalue weighted by Crippen LogP contribution is -2.18. The van der Waals surface area contributed by atoms with Crippen LogP contribution in [0, 0.1) is 10.1 Å². The van der Waals surface area contributed by atoms with Gasteiger partial charge in [0.2, 0.25) is 0 Å². The Labute approximate surface area is 108 Å². The molecule has 1 N–H and O–H groups in total. The van der Waals surface area contributed by atoms with Crippen molar-refractivity contribution in [1.29, 1.82) is 0 Å². The molecule has 1 rings (SSSR count). The van der Waals surface area contributed by atoms with Gasteiger partial charge < -0.3 is 5.32 Å². The number of alkyl halides is 2. The number of hydrogen-bond donors (Lipinski definition) is 1. The molecule has 0 aromatic heterocycles. The number of nitrogens with zero attached hydrogens (tertiary/aromatic N) is 1. The first-order chi connectivity index (χ1) is 7.95. The number of nitrogens with one attached hydrogen (secondary N) is 1. The minimum atomic E-state index is -1.21. The smallest absolute Gasteiger partial charge is 0.274 e. The summed E-state index contributed by atoms with van der Waals surface area (Å²) in [6.07, 6.45) is 0.540. The molecule has 0 heterocycles. The molecule has 0 unspecified atom stereocenters. The van der Waals surface area contributed by atoms with Crippen LogP contribution in [0.3, 0.4) is 0 Å². The molecule has 1 aromatic carbocycles. The van der Waals surface area contributed by atoms with Crippen LogP contribution in [0.15, 0.2) is 18.2 Å². The van der Waals surface area contributed by atoms with Crippen molar-refractivity contribution in [2.45, 2.75) is 18.2 Å². The van der Waals surface area contributed by atoms with Gasteiger partial charge >= 0.3 is 0 Å². The summed E-state index contributed by atoms with van der Waals surface area (Å²) in [6, 6.07) is 4.44. The predicted molar refractivity (Wildman–Crippen MR) is 66.6 cm³/mol. The number of hydrogen-bond acceptors (Lipinski definition) is 3. The second-order valence-corrected chi connectivity index (χ2v) is 4.34. The number of aryl methyl sites for hydroxylation is 1. The Morgan fingerprint density at radius 1 is 1.53 bits per heavy atom. The van der Waals surface area contributed by atoms with Gasteiger partial charge in [-0.25, -0.2) is 0 Å². The SMILES string of the molecule is CCc1ccc(NC(=O)C(Cl)Cl)cc1[N+](=O)[O-]. The second-order valence-electron chi connectivity index (χ2n) is 3.24. The summed E-state index contributed by atoms with van der Waals surface area (Å²) >= 11 is 10.7. The standard InChI is InChI=1S/C10H10Cl2N2O3/c1-2-6-3-4-7(5-8(6)14(16)17)13-10(15)9(11)12/h3-5,9H,2H2,1H3,(H,13,15). The summed E-state index contributed by atoms with van der Waals surface area (Å²) in [5, 5.41) is 13.2. The van der Waals surface area contributed by atoms with Gasteiger partial charge in [-0.3, -0.25) is 14.9 Å². The molecular formula is C10H10Cl2N2O3. The number of nitro groups is 1. The number of benzene rings is 1. The number of rotatable bonds is 4. The number of amides is 1. The molecule has 0 radical (unpaired) electrons.